The third-order valence-corrected chi connectivity index (χ3v) is 2.77. The Morgan fingerprint density at radius 3 is 2.50 bits per heavy atom. The molecule has 0 aliphatic heterocycles. The smallest absolute Gasteiger partial charge is 0.386 e. The van der Waals surface area contributed by atoms with Crippen molar-refractivity contribution in [1.82, 2.24) is 5.06 Å². The van der Waals surface area contributed by atoms with Crippen LogP contribution in [0, 0.1) is 0 Å². The van der Waals surface area contributed by atoms with Gasteiger partial charge in [-0.05, 0) is 6.42 Å². The van der Waals surface area contributed by atoms with Crippen LogP contribution in [0.1, 0.15) is 6.42 Å². The van der Waals surface area contributed by atoms with Crippen molar-refractivity contribution in [3.8, 4) is 0 Å². The topological polar surface area (TPSA) is 57.2 Å². The third kappa shape index (κ3) is 5.17. The van der Waals surface area contributed by atoms with E-state index in [0.29, 0.717) is 6.54 Å². The number of carbonyl (C=O) groups is 1. The lowest BCUT2D eigenvalue weighted by atomic mass is 10.4. The van der Waals surface area contributed by atoms with Gasteiger partial charge in [-0.3, -0.25) is 9.73 Å². The van der Waals surface area contributed by atoms with Crippen LogP contribution in [0.3, 0.4) is 0 Å². The second-order valence-corrected chi connectivity index (χ2v) is 3.92. The molecule has 0 fully saturated rings. The second-order valence-electron chi connectivity index (χ2n) is 2.64. The summed E-state index contributed by atoms with van der Waals surface area (Å²) in [6, 6.07) is 0. The van der Waals surface area contributed by atoms with Gasteiger partial charge in [0.25, 0.3) is 0 Å². The van der Waals surface area contributed by atoms with Gasteiger partial charge < -0.3 is 4.74 Å². The number of hydrogen-bond acceptors (Lipinski definition) is 5. The van der Waals surface area contributed by atoms with Crippen molar-refractivity contribution >= 4 is 16.3 Å². The van der Waals surface area contributed by atoms with E-state index in [4.69, 9.17) is 9.57 Å². The molecular weight excluding hydrogens is 206 g/mol. The van der Waals surface area contributed by atoms with Crippen LogP contribution < -0.4 is 0 Å². The van der Waals surface area contributed by atoms with Crippen LogP contribution in [0.4, 0.5) is 4.79 Å². The van der Waals surface area contributed by atoms with Gasteiger partial charge in [0.2, 0.25) is 0 Å². The summed E-state index contributed by atoms with van der Waals surface area (Å²) in [7, 11) is 5.20. The molecule has 6 nitrogen and oxygen atoms in total. The lowest BCUT2D eigenvalue weighted by molar-refractivity contribution is -0.246. The fourth-order valence-corrected chi connectivity index (χ4v) is 1.05. The molecule has 1 atom stereocenters. The molecule has 0 aromatic rings. The maximum absolute atomic E-state index is 11.1. The summed E-state index contributed by atoms with van der Waals surface area (Å²) in [6.45, 7) is 0.417. The molecule has 0 rings (SSSR count). The quantitative estimate of drug-likeness (QED) is 0.338. The number of hydroxylamine groups is 2. The normalized spacial score (nSPS) is 12.5. The van der Waals surface area contributed by atoms with Gasteiger partial charge >= 0.3 is 6.09 Å². The molecule has 0 heterocycles. The van der Waals surface area contributed by atoms with Gasteiger partial charge in [-0.15, -0.1) is 0 Å². The van der Waals surface area contributed by atoms with Crippen LogP contribution >= 0.6 is 0 Å². The van der Waals surface area contributed by atoms with Gasteiger partial charge in [0.1, 0.15) is 0 Å². The molecule has 0 aromatic carbocycles. The van der Waals surface area contributed by atoms with Crippen molar-refractivity contribution < 1.29 is 24.1 Å². The number of ether oxygens (including phenoxy) is 1. The lowest BCUT2D eigenvalue weighted by Gasteiger charge is -2.19. The minimum atomic E-state index is -0.667. The number of rotatable bonds is 6. The minimum absolute atomic E-state index is 0.197. The Hall–Kier alpha value is -0.633. The Kier molecular flexibility index (Phi) is 7.39. The highest BCUT2D eigenvalue weighted by molar-refractivity contribution is 6.10. The standard InChI is InChI=1S/C7H17NO5Si/c1-10-6(14)4-5-8(11-2)7(9)13-12-3/h6H,4-5H2,1-3,14H3. The predicted octanol–water partition coefficient (Wildman–Crippen LogP) is -0.724. The Labute approximate surface area is 86.4 Å². The first-order valence-corrected chi connectivity index (χ1v) is 5.40. The van der Waals surface area contributed by atoms with E-state index >= 15 is 0 Å². The highest BCUT2D eigenvalue weighted by atomic mass is 28.1. The van der Waals surface area contributed by atoms with Crippen LogP contribution in [0.2, 0.25) is 0 Å². The summed E-state index contributed by atoms with van der Waals surface area (Å²) in [5.41, 5.74) is 0.197. The van der Waals surface area contributed by atoms with Crippen molar-refractivity contribution in [2.24, 2.45) is 0 Å². The molecule has 84 valence electrons. The van der Waals surface area contributed by atoms with Crippen molar-refractivity contribution in [3.05, 3.63) is 0 Å². The van der Waals surface area contributed by atoms with Gasteiger partial charge in [0.15, 0.2) is 0 Å². The molecule has 0 N–H and O–H groups in total. The maximum atomic E-state index is 11.1. The molecular formula is C7H17NO5Si. The molecule has 14 heavy (non-hydrogen) atoms. The van der Waals surface area contributed by atoms with Crippen LogP contribution in [0.25, 0.3) is 0 Å². The van der Waals surface area contributed by atoms with Crippen molar-refractivity contribution in [2.75, 3.05) is 27.9 Å². The third-order valence-electron chi connectivity index (χ3n) is 1.72. The second kappa shape index (κ2) is 7.74. The van der Waals surface area contributed by atoms with Crippen molar-refractivity contribution in [2.45, 2.75) is 12.1 Å². The molecule has 0 radical (unpaired) electrons. The van der Waals surface area contributed by atoms with E-state index in [2.05, 4.69) is 9.78 Å². The van der Waals surface area contributed by atoms with Crippen LogP contribution in [0.5, 0.6) is 0 Å². The fraction of sp³-hybridized carbons (Fsp3) is 0.857. The number of nitrogens with zero attached hydrogens (tertiary/aromatic N) is 1. The van der Waals surface area contributed by atoms with E-state index in [1.165, 1.54) is 14.2 Å². The first-order valence-electron chi connectivity index (χ1n) is 4.24. The number of amides is 1. The monoisotopic (exact) mass is 223 g/mol. The minimum Gasteiger partial charge on any atom is -0.386 e. The summed E-state index contributed by atoms with van der Waals surface area (Å²) < 4.78 is 5.08. The van der Waals surface area contributed by atoms with Crippen LogP contribution in [-0.4, -0.2) is 55.0 Å². The highest BCUT2D eigenvalue weighted by Crippen LogP contribution is 1.99. The van der Waals surface area contributed by atoms with E-state index in [1.54, 1.807) is 7.11 Å². The maximum Gasteiger partial charge on any atom is 0.465 e. The summed E-state index contributed by atoms with van der Waals surface area (Å²) in [6.07, 6.45) is 0.0509. The summed E-state index contributed by atoms with van der Waals surface area (Å²) in [5.74, 6) is 0. The van der Waals surface area contributed by atoms with Crippen molar-refractivity contribution in [3.63, 3.8) is 0 Å². The molecule has 0 aliphatic carbocycles. The lowest BCUT2D eigenvalue weighted by Crippen LogP contribution is -2.33. The summed E-state index contributed by atoms with van der Waals surface area (Å²) in [5, 5.41) is 1.08. The Balaban J connectivity index is 3.84. The van der Waals surface area contributed by atoms with Gasteiger partial charge in [-0.2, -0.15) is 9.95 Å². The largest absolute Gasteiger partial charge is 0.465 e. The average Bonchev–Trinajstić information content (AvgIpc) is 2.18. The molecule has 0 bridgehead atoms. The molecule has 0 spiro atoms. The van der Waals surface area contributed by atoms with Crippen molar-refractivity contribution in [1.29, 1.82) is 0 Å². The molecule has 0 saturated carbocycles. The number of hydrogen-bond donors (Lipinski definition) is 0. The predicted molar refractivity (Wildman–Crippen MR) is 52.6 cm³/mol. The van der Waals surface area contributed by atoms with Crippen LogP contribution in [0.15, 0.2) is 0 Å². The zero-order valence-corrected chi connectivity index (χ0v) is 11.0. The van der Waals surface area contributed by atoms with Gasteiger partial charge in [-0.25, -0.2) is 4.79 Å². The Morgan fingerprint density at radius 2 is 2.07 bits per heavy atom. The molecule has 0 aliphatic rings. The molecule has 0 saturated heterocycles. The Morgan fingerprint density at radius 1 is 1.43 bits per heavy atom. The highest BCUT2D eigenvalue weighted by Gasteiger charge is 2.16. The summed E-state index contributed by atoms with van der Waals surface area (Å²) in [4.78, 5) is 24.4. The summed E-state index contributed by atoms with van der Waals surface area (Å²) >= 11 is 0. The molecule has 0 aromatic heterocycles. The van der Waals surface area contributed by atoms with Gasteiger partial charge in [0.05, 0.1) is 20.8 Å². The Bertz CT molecular complexity index is 168. The first-order chi connectivity index (χ1) is 6.65. The van der Waals surface area contributed by atoms with Gasteiger partial charge in [0, 0.05) is 23.1 Å². The van der Waals surface area contributed by atoms with E-state index in [-0.39, 0.29) is 5.73 Å². The van der Waals surface area contributed by atoms with E-state index in [1.807, 2.05) is 0 Å². The van der Waals surface area contributed by atoms with E-state index in [0.717, 1.165) is 21.7 Å². The number of methoxy groups -OCH3 is 1. The fourth-order valence-electron chi connectivity index (χ4n) is 0.787. The molecule has 7 heteroatoms. The SMILES string of the molecule is COOC(=O)N(CCC([SiH3])OC)OC. The molecule has 1 amide bonds. The van der Waals surface area contributed by atoms with E-state index in [9.17, 15) is 4.79 Å². The molecule has 1 unspecified atom stereocenters. The zero-order chi connectivity index (χ0) is 11.0. The van der Waals surface area contributed by atoms with Gasteiger partial charge in [-0.1, -0.05) is 0 Å². The first kappa shape index (κ1) is 13.4. The zero-order valence-electron chi connectivity index (χ0n) is 8.98. The number of carbonyl (C=O) groups excluding carboxylic acids is 1. The van der Waals surface area contributed by atoms with Crippen LogP contribution in [-0.2, 0) is 19.3 Å². The van der Waals surface area contributed by atoms with E-state index < -0.39 is 6.09 Å². The average molecular weight is 223 g/mol.